The van der Waals surface area contributed by atoms with E-state index in [9.17, 15) is 9.90 Å². The van der Waals surface area contributed by atoms with Crippen LogP contribution >= 0.6 is 0 Å². The van der Waals surface area contributed by atoms with Crippen molar-refractivity contribution in [3.05, 3.63) is 0 Å². The molecule has 3 atom stereocenters. The van der Waals surface area contributed by atoms with Gasteiger partial charge in [-0.2, -0.15) is 0 Å². The number of carbonyl (C=O) groups excluding carboxylic acids is 1. The number of β-amino-alcohol motifs (C(OH)–C–C–N with tert-alkyl or cyclic N) is 1. The van der Waals surface area contributed by atoms with Crippen LogP contribution in [0.2, 0.25) is 0 Å². The number of aliphatic hydroxyl groups excluding tert-OH is 1. The second-order valence-corrected chi connectivity index (χ2v) is 6.82. The maximum Gasteiger partial charge on any atom is 0.240 e. The third-order valence-corrected chi connectivity index (χ3v) is 3.77. The lowest BCUT2D eigenvalue weighted by atomic mass is 9.86. The molecule has 5 heteroatoms. The summed E-state index contributed by atoms with van der Waals surface area (Å²) in [4.78, 5) is 16.4. The molecule has 112 valence electrons. The molecule has 0 spiro atoms. The Hall–Kier alpha value is -0.650. The summed E-state index contributed by atoms with van der Waals surface area (Å²) in [7, 11) is 0. The first-order valence-corrected chi connectivity index (χ1v) is 7.09. The molecule has 1 saturated heterocycles. The lowest BCUT2D eigenvalue weighted by molar-refractivity contribution is -0.138. The molecule has 2 unspecified atom stereocenters. The molecule has 5 nitrogen and oxygen atoms in total. The number of nitrogens with two attached hydrogens (primary N) is 1. The van der Waals surface area contributed by atoms with Crippen LogP contribution in [-0.4, -0.2) is 65.2 Å². The van der Waals surface area contributed by atoms with E-state index in [1.165, 1.54) is 0 Å². The van der Waals surface area contributed by atoms with E-state index in [2.05, 4.69) is 11.8 Å². The van der Waals surface area contributed by atoms with Gasteiger partial charge in [-0.15, -0.1) is 0 Å². The van der Waals surface area contributed by atoms with Gasteiger partial charge in [-0.3, -0.25) is 9.69 Å². The molecule has 1 amide bonds. The molecule has 0 aliphatic carbocycles. The zero-order valence-electron chi connectivity index (χ0n) is 12.9. The molecule has 0 aromatic rings. The topological polar surface area (TPSA) is 69.8 Å². The number of hydrogen-bond acceptors (Lipinski definition) is 4. The quantitative estimate of drug-likeness (QED) is 0.773. The highest BCUT2D eigenvalue weighted by atomic mass is 16.3. The molecule has 1 aliphatic heterocycles. The van der Waals surface area contributed by atoms with Gasteiger partial charge < -0.3 is 15.7 Å². The standard InChI is InChI=1S/C14H29N3O2/c1-10-8-17(7-6-16(10)9-11(2)18)13(19)12(15)14(3,4)5/h10-12,18H,6-9,15H2,1-5H3/t10?,11?,12-/m1/s1. The van der Waals surface area contributed by atoms with Crippen LogP contribution in [-0.2, 0) is 4.79 Å². The van der Waals surface area contributed by atoms with Crippen molar-refractivity contribution >= 4 is 5.91 Å². The number of piperazine rings is 1. The van der Waals surface area contributed by atoms with Crippen molar-refractivity contribution < 1.29 is 9.90 Å². The second-order valence-electron chi connectivity index (χ2n) is 6.82. The summed E-state index contributed by atoms with van der Waals surface area (Å²) in [6.45, 7) is 12.7. The zero-order valence-corrected chi connectivity index (χ0v) is 12.9. The Labute approximate surface area is 116 Å². The molecule has 19 heavy (non-hydrogen) atoms. The average molecular weight is 271 g/mol. The molecule has 3 N–H and O–H groups in total. The molecule has 0 aromatic carbocycles. The first-order chi connectivity index (χ1) is 8.62. The monoisotopic (exact) mass is 271 g/mol. The number of carbonyl (C=O) groups is 1. The smallest absolute Gasteiger partial charge is 0.240 e. The van der Waals surface area contributed by atoms with Crippen LogP contribution in [0.25, 0.3) is 0 Å². The SMILES string of the molecule is CC(O)CN1CCN(C(=O)[C@@H](N)C(C)(C)C)CC1C. The van der Waals surface area contributed by atoms with Gasteiger partial charge in [-0.25, -0.2) is 0 Å². The van der Waals surface area contributed by atoms with Gasteiger partial charge in [0.05, 0.1) is 12.1 Å². The lowest BCUT2D eigenvalue weighted by Crippen LogP contribution is -2.59. The Morgan fingerprint density at radius 3 is 2.42 bits per heavy atom. The van der Waals surface area contributed by atoms with Crippen molar-refractivity contribution in [2.24, 2.45) is 11.1 Å². The van der Waals surface area contributed by atoms with E-state index in [4.69, 9.17) is 5.73 Å². The van der Waals surface area contributed by atoms with E-state index in [1.54, 1.807) is 6.92 Å². The number of aliphatic hydroxyl groups is 1. The summed E-state index contributed by atoms with van der Waals surface area (Å²) in [5.74, 6) is 0.0380. The second kappa shape index (κ2) is 6.20. The molecule has 0 saturated carbocycles. The zero-order chi connectivity index (χ0) is 14.8. The van der Waals surface area contributed by atoms with E-state index in [0.717, 1.165) is 6.54 Å². The average Bonchev–Trinajstić information content (AvgIpc) is 2.28. The van der Waals surface area contributed by atoms with Crippen LogP contribution in [0.15, 0.2) is 0 Å². The summed E-state index contributed by atoms with van der Waals surface area (Å²) < 4.78 is 0. The molecular weight excluding hydrogens is 242 g/mol. The minimum absolute atomic E-state index is 0.0380. The highest BCUT2D eigenvalue weighted by Gasteiger charge is 2.34. The minimum Gasteiger partial charge on any atom is -0.392 e. The Bertz CT molecular complexity index is 312. The van der Waals surface area contributed by atoms with Gasteiger partial charge in [0, 0.05) is 32.2 Å². The summed E-state index contributed by atoms with van der Waals surface area (Å²) in [5, 5.41) is 9.45. The molecule has 0 bridgehead atoms. The van der Waals surface area contributed by atoms with Gasteiger partial charge >= 0.3 is 0 Å². The Morgan fingerprint density at radius 1 is 1.42 bits per heavy atom. The fourth-order valence-corrected chi connectivity index (χ4v) is 2.37. The van der Waals surface area contributed by atoms with Gasteiger partial charge in [0.1, 0.15) is 0 Å². The van der Waals surface area contributed by atoms with E-state index in [0.29, 0.717) is 19.6 Å². The Morgan fingerprint density at radius 2 is 2.00 bits per heavy atom. The van der Waals surface area contributed by atoms with E-state index >= 15 is 0 Å². The lowest BCUT2D eigenvalue weighted by Gasteiger charge is -2.42. The molecule has 1 aliphatic rings. The van der Waals surface area contributed by atoms with Crippen molar-refractivity contribution in [1.82, 2.24) is 9.80 Å². The first-order valence-electron chi connectivity index (χ1n) is 7.09. The Kier molecular flexibility index (Phi) is 5.35. The largest absolute Gasteiger partial charge is 0.392 e. The number of rotatable bonds is 3. The summed E-state index contributed by atoms with van der Waals surface area (Å²) in [6, 6.07) is -0.192. The predicted octanol–water partition coefficient (Wildman–Crippen LogP) is 0.273. The number of amides is 1. The maximum absolute atomic E-state index is 12.4. The molecular formula is C14H29N3O2. The first kappa shape index (κ1) is 16.4. The van der Waals surface area contributed by atoms with Crippen LogP contribution < -0.4 is 5.73 Å². The molecule has 0 radical (unpaired) electrons. The van der Waals surface area contributed by atoms with Crippen molar-refractivity contribution in [1.29, 1.82) is 0 Å². The van der Waals surface area contributed by atoms with Gasteiger partial charge in [0.15, 0.2) is 0 Å². The van der Waals surface area contributed by atoms with Crippen LogP contribution in [0.4, 0.5) is 0 Å². The predicted molar refractivity (Wildman–Crippen MR) is 76.7 cm³/mol. The molecule has 1 fully saturated rings. The van der Waals surface area contributed by atoms with E-state index < -0.39 is 6.04 Å². The molecule has 1 rings (SSSR count). The normalized spacial score (nSPS) is 25.2. The van der Waals surface area contributed by atoms with Crippen LogP contribution in [0.3, 0.4) is 0 Å². The minimum atomic E-state index is -0.456. The summed E-state index contributed by atoms with van der Waals surface area (Å²) >= 11 is 0. The van der Waals surface area contributed by atoms with Crippen LogP contribution in [0.1, 0.15) is 34.6 Å². The third kappa shape index (κ3) is 4.44. The molecule has 0 aromatic heterocycles. The van der Waals surface area contributed by atoms with E-state index in [-0.39, 0.29) is 23.5 Å². The molecule has 1 heterocycles. The third-order valence-electron chi connectivity index (χ3n) is 3.77. The van der Waals surface area contributed by atoms with Gasteiger partial charge in [-0.05, 0) is 19.3 Å². The highest BCUT2D eigenvalue weighted by molar-refractivity contribution is 5.82. The fourth-order valence-electron chi connectivity index (χ4n) is 2.37. The van der Waals surface area contributed by atoms with Crippen LogP contribution in [0.5, 0.6) is 0 Å². The fraction of sp³-hybridized carbons (Fsp3) is 0.929. The number of hydrogen-bond donors (Lipinski definition) is 2. The van der Waals surface area contributed by atoms with Crippen molar-refractivity contribution in [2.45, 2.75) is 52.8 Å². The van der Waals surface area contributed by atoms with Crippen molar-refractivity contribution in [2.75, 3.05) is 26.2 Å². The summed E-state index contributed by atoms with van der Waals surface area (Å²) in [6.07, 6.45) is -0.332. The number of nitrogens with zero attached hydrogens (tertiary/aromatic N) is 2. The van der Waals surface area contributed by atoms with Crippen molar-refractivity contribution in [3.8, 4) is 0 Å². The van der Waals surface area contributed by atoms with Gasteiger partial charge in [0.25, 0.3) is 0 Å². The van der Waals surface area contributed by atoms with Crippen molar-refractivity contribution in [3.63, 3.8) is 0 Å². The maximum atomic E-state index is 12.4. The van der Waals surface area contributed by atoms with Gasteiger partial charge in [-0.1, -0.05) is 20.8 Å². The summed E-state index contributed by atoms with van der Waals surface area (Å²) in [5.41, 5.74) is 5.83. The van der Waals surface area contributed by atoms with Gasteiger partial charge in [0.2, 0.25) is 5.91 Å². The van der Waals surface area contributed by atoms with Crippen LogP contribution in [0, 0.1) is 5.41 Å². The highest BCUT2D eigenvalue weighted by Crippen LogP contribution is 2.20. The van der Waals surface area contributed by atoms with E-state index in [1.807, 2.05) is 25.7 Å². The Balaban J connectivity index is 2.58.